The molecule has 0 saturated carbocycles. The van der Waals surface area contributed by atoms with E-state index in [9.17, 15) is 14.8 Å². The van der Waals surface area contributed by atoms with E-state index in [-0.39, 0.29) is 11.5 Å². The Hall–Kier alpha value is -2.02. The first kappa shape index (κ1) is 12.1. The Balaban J connectivity index is 2.85. The van der Waals surface area contributed by atoms with E-state index in [4.69, 9.17) is 10.2 Å². The first-order valence-corrected chi connectivity index (χ1v) is 4.43. The smallest absolute Gasteiger partial charge is 0.373 e. The van der Waals surface area contributed by atoms with Gasteiger partial charge in [-0.2, -0.15) is 5.06 Å². The molecular weight excluding hydrogens is 216 g/mol. The highest BCUT2D eigenvalue weighted by atomic mass is 16.5. The number of esters is 1. The number of furan rings is 1. The molecule has 1 atom stereocenters. The van der Waals surface area contributed by atoms with Crippen molar-refractivity contribution in [3.63, 3.8) is 0 Å². The third-order valence-electron chi connectivity index (χ3n) is 2.02. The van der Waals surface area contributed by atoms with E-state index in [1.807, 2.05) is 0 Å². The summed E-state index contributed by atoms with van der Waals surface area (Å²) >= 11 is 0. The molecule has 2 amide bonds. The van der Waals surface area contributed by atoms with Crippen molar-refractivity contribution in [3.05, 3.63) is 23.7 Å². The molecule has 0 aliphatic rings. The van der Waals surface area contributed by atoms with Crippen molar-refractivity contribution in [3.8, 4) is 0 Å². The summed E-state index contributed by atoms with van der Waals surface area (Å²) in [5.74, 6) is -0.425. The second-order valence-electron chi connectivity index (χ2n) is 3.05. The molecule has 1 aromatic heterocycles. The summed E-state index contributed by atoms with van der Waals surface area (Å²) in [5, 5.41) is 9.54. The maximum atomic E-state index is 11.1. The summed E-state index contributed by atoms with van der Waals surface area (Å²) in [4.78, 5) is 21.7. The van der Waals surface area contributed by atoms with Crippen LogP contribution in [0.5, 0.6) is 0 Å². The van der Waals surface area contributed by atoms with Crippen molar-refractivity contribution in [2.45, 2.75) is 13.0 Å². The van der Waals surface area contributed by atoms with E-state index in [1.165, 1.54) is 26.2 Å². The topological polar surface area (TPSA) is 106 Å². The number of hydroxylamine groups is 2. The number of urea groups is 1. The van der Waals surface area contributed by atoms with Crippen LogP contribution < -0.4 is 5.73 Å². The molecule has 0 bridgehead atoms. The standard InChI is InChI=1S/C9H12N2O5/c1-5(11(14)9(10)13)6-3-4-7(16-6)8(12)15-2/h3-5,14H,1-2H3,(H2,10,13). The fourth-order valence-corrected chi connectivity index (χ4v) is 1.10. The number of rotatable bonds is 3. The highest BCUT2D eigenvalue weighted by Gasteiger charge is 2.22. The number of nitrogens with two attached hydrogens (primary N) is 1. The molecule has 3 N–H and O–H groups in total. The van der Waals surface area contributed by atoms with Crippen LogP contribution in [0.3, 0.4) is 0 Å². The summed E-state index contributed by atoms with van der Waals surface area (Å²) in [6, 6.07) is 1.04. The minimum atomic E-state index is -1.01. The predicted molar refractivity (Wildman–Crippen MR) is 51.7 cm³/mol. The second kappa shape index (κ2) is 4.67. The van der Waals surface area contributed by atoms with Crippen LogP contribution in [-0.4, -0.2) is 29.4 Å². The molecule has 0 saturated heterocycles. The van der Waals surface area contributed by atoms with Gasteiger partial charge in [-0.15, -0.1) is 0 Å². The maximum absolute atomic E-state index is 11.1. The van der Waals surface area contributed by atoms with Gasteiger partial charge in [-0.3, -0.25) is 5.21 Å². The molecular formula is C9H12N2O5. The van der Waals surface area contributed by atoms with Crippen molar-refractivity contribution < 1.29 is 24.0 Å². The van der Waals surface area contributed by atoms with E-state index in [1.54, 1.807) is 0 Å². The number of primary amides is 1. The van der Waals surface area contributed by atoms with Gasteiger partial charge >= 0.3 is 12.0 Å². The molecule has 1 aromatic rings. The van der Waals surface area contributed by atoms with Crippen LogP contribution in [0.4, 0.5) is 4.79 Å². The lowest BCUT2D eigenvalue weighted by atomic mass is 10.2. The lowest BCUT2D eigenvalue weighted by Crippen LogP contribution is -2.34. The van der Waals surface area contributed by atoms with Gasteiger partial charge in [0.15, 0.2) is 0 Å². The van der Waals surface area contributed by atoms with Crippen molar-refractivity contribution in [2.24, 2.45) is 5.73 Å². The van der Waals surface area contributed by atoms with E-state index in [2.05, 4.69) is 4.74 Å². The predicted octanol–water partition coefficient (Wildman–Crippen LogP) is 0.897. The quantitative estimate of drug-likeness (QED) is 0.454. The number of carbonyl (C=O) groups is 2. The zero-order chi connectivity index (χ0) is 12.3. The first-order chi connectivity index (χ1) is 7.47. The van der Waals surface area contributed by atoms with Crippen LogP contribution in [0.1, 0.15) is 29.3 Å². The molecule has 1 heterocycles. The Morgan fingerprint density at radius 3 is 2.69 bits per heavy atom. The van der Waals surface area contributed by atoms with E-state index in [0.29, 0.717) is 5.06 Å². The molecule has 88 valence electrons. The number of ether oxygens (including phenoxy) is 1. The SMILES string of the molecule is COC(=O)c1ccc(C(C)N(O)C(N)=O)o1. The average Bonchev–Trinajstić information content (AvgIpc) is 2.75. The molecule has 1 unspecified atom stereocenters. The van der Waals surface area contributed by atoms with E-state index >= 15 is 0 Å². The lowest BCUT2D eigenvalue weighted by Gasteiger charge is -2.17. The van der Waals surface area contributed by atoms with Gasteiger partial charge in [0.25, 0.3) is 0 Å². The normalized spacial score (nSPS) is 11.9. The van der Waals surface area contributed by atoms with Gasteiger partial charge in [-0.05, 0) is 19.1 Å². The van der Waals surface area contributed by atoms with Crippen molar-refractivity contribution in [2.75, 3.05) is 7.11 Å². The highest BCUT2D eigenvalue weighted by Crippen LogP contribution is 2.21. The second-order valence-corrected chi connectivity index (χ2v) is 3.05. The number of hydrogen-bond acceptors (Lipinski definition) is 5. The molecule has 7 nitrogen and oxygen atoms in total. The van der Waals surface area contributed by atoms with Crippen LogP contribution in [-0.2, 0) is 4.74 Å². The zero-order valence-corrected chi connectivity index (χ0v) is 8.84. The third-order valence-corrected chi connectivity index (χ3v) is 2.02. The van der Waals surface area contributed by atoms with Gasteiger partial charge in [0.2, 0.25) is 5.76 Å². The van der Waals surface area contributed by atoms with Crippen LogP contribution in [0.25, 0.3) is 0 Å². The summed E-state index contributed by atoms with van der Waals surface area (Å²) in [7, 11) is 1.22. The van der Waals surface area contributed by atoms with Gasteiger partial charge in [0.05, 0.1) is 7.11 Å². The van der Waals surface area contributed by atoms with Crippen molar-refractivity contribution in [1.82, 2.24) is 5.06 Å². The number of methoxy groups -OCH3 is 1. The molecule has 0 spiro atoms. The summed E-state index contributed by atoms with van der Waals surface area (Å²) in [6.45, 7) is 1.49. The Bertz CT molecular complexity index is 400. The summed E-state index contributed by atoms with van der Waals surface area (Å²) in [6.07, 6.45) is 0. The largest absolute Gasteiger partial charge is 0.463 e. The van der Waals surface area contributed by atoms with Crippen LogP contribution in [0.15, 0.2) is 16.5 Å². The molecule has 7 heteroatoms. The Labute approximate surface area is 91.3 Å². The molecule has 1 rings (SSSR count). The van der Waals surface area contributed by atoms with Crippen LogP contribution in [0.2, 0.25) is 0 Å². The lowest BCUT2D eigenvalue weighted by molar-refractivity contribution is -0.0763. The Kier molecular flexibility index (Phi) is 3.51. The minimum absolute atomic E-state index is 0.0118. The number of carbonyl (C=O) groups excluding carboxylic acids is 2. The summed E-state index contributed by atoms with van der Waals surface area (Å²) in [5.41, 5.74) is 4.87. The first-order valence-electron chi connectivity index (χ1n) is 4.43. The maximum Gasteiger partial charge on any atom is 0.373 e. The summed E-state index contributed by atoms with van der Waals surface area (Å²) < 4.78 is 9.52. The Morgan fingerprint density at radius 2 is 2.19 bits per heavy atom. The zero-order valence-electron chi connectivity index (χ0n) is 8.84. The molecule has 0 aliphatic heterocycles. The third kappa shape index (κ3) is 2.31. The molecule has 0 aromatic carbocycles. The van der Waals surface area contributed by atoms with Crippen molar-refractivity contribution >= 4 is 12.0 Å². The monoisotopic (exact) mass is 228 g/mol. The van der Waals surface area contributed by atoms with E-state index < -0.39 is 18.0 Å². The van der Waals surface area contributed by atoms with Gasteiger partial charge in [0.1, 0.15) is 11.8 Å². The van der Waals surface area contributed by atoms with Gasteiger partial charge in [0, 0.05) is 0 Å². The fraction of sp³-hybridized carbons (Fsp3) is 0.333. The fourth-order valence-electron chi connectivity index (χ4n) is 1.10. The molecule has 16 heavy (non-hydrogen) atoms. The molecule has 0 radical (unpaired) electrons. The number of nitrogens with zero attached hydrogens (tertiary/aromatic N) is 1. The van der Waals surface area contributed by atoms with Gasteiger partial charge in [-0.1, -0.05) is 0 Å². The van der Waals surface area contributed by atoms with Crippen molar-refractivity contribution in [1.29, 1.82) is 0 Å². The number of hydrogen-bond donors (Lipinski definition) is 2. The number of amides is 2. The average molecular weight is 228 g/mol. The van der Waals surface area contributed by atoms with Gasteiger partial charge in [-0.25, -0.2) is 9.59 Å². The molecule has 0 aliphatic carbocycles. The van der Waals surface area contributed by atoms with Gasteiger partial charge < -0.3 is 14.9 Å². The Morgan fingerprint density at radius 1 is 1.56 bits per heavy atom. The molecule has 0 fully saturated rings. The van der Waals surface area contributed by atoms with Crippen LogP contribution >= 0.6 is 0 Å². The highest BCUT2D eigenvalue weighted by molar-refractivity contribution is 5.86. The van der Waals surface area contributed by atoms with Crippen LogP contribution in [0, 0.1) is 0 Å². The van der Waals surface area contributed by atoms with E-state index in [0.717, 1.165) is 0 Å². The minimum Gasteiger partial charge on any atom is -0.463 e.